The molecule has 0 spiro atoms. The third kappa shape index (κ3) is 4.48. The number of carbonyl (C=O) groups is 1. The highest BCUT2D eigenvalue weighted by atomic mass is 32.2. The van der Waals surface area contributed by atoms with E-state index >= 15 is 0 Å². The summed E-state index contributed by atoms with van der Waals surface area (Å²) in [5, 5.41) is 8.83. The van der Waals surface area contributed by atoms with Crippen LogP contribution in [0, 0.1) is 0 Å². The molecule has 1 aromatic carbocycles. The lowest BCUT2D eigenvalue weighted by Crippen LogP contribution is -2.37. The minimum absolute atomic E-state index is 0.0166. The van der Waals surface area contributed by atoms with E-state index in [0.717, 1.165) is 0 Å². The molecule has 0 aromatic heterocycles. The third-order valence-corrected chi connectivity index (χ3v) is 2.68. The molecule has 18 heavy (non-hydrogen) atoms. The van der Waals surface area contributed by atoms with Crippen molar-refractivity contribution in [1.29, 1.82) is 0 Å². The Kier molecular flexibility index (Phi) is 4.16. The summed E-state index contributed by atoms with van der Waals surface area (Å²) in [6, 6.07) is 5.06. The zero-order chi connectivity index (χ0) is 14.0. The third-order valence-electron chi connectivity index (χ3n) is 1.95. The Morgan fingerprint density at radius 2 is 1.72 bits per heavy atom. The summed E-state index contributed by atoms with van der Waals surface area (Å²) in [4.78, 5) is 10.8. The van der Waals surface area contributed by atoms with E-state index in [1.54, 1.807) is 0 Å². The van der Waals surface area contributed by atoms with Gasteiger partial charge in [-0.05, 0) is 49.9 Å². The number of benzene rings is 1. The monoisotopic (exact) mass is 280 g/mol. The lowest BCUT2D eigenvalue weighted by molar-refractivity contribution is -0.152. The second-order valence-electron chi connectivity index (χ2n) is 3.94. The van der Waals surface area contributed by atoms with Crippen molar-refractivity contribution in [2.45, 2.75) is 29.9 Å². The van der Waals surface area contributed by atoms with Gasteiger partial charge in [0, 0.05) is 4.90 Å². The molecule has 0 aliphatic heterocycles. The van der Waals surface area contributed by atoms with E-state index in [-0.39, 0.29) is 22.4 Å². The molecule has 0 saturated heterocycles. The Bertz CT molecular complexity index is 426. The standard InChI is InChI=1S/C11H11F3O3S/c1-10(2,9(15)16)17-7-3-5-8(6-4-7)18-11(12,13)14/h3-6H,1-2H3,(H,15,16). The molecule has 0 saturated carbocycles. The number of aliphatic carboxylic acids is 1. The van der Waals surface area contributed by atoms with E-state index in [0.29, 0.717) is 0 Å². The van der Waals surface area contributed by atoms with E-state index in [4.69, 9.17) is 9.84 Å². The Labute approximate surface area is 106 Å². The zero-order valence-electron chi connectivity index (χ0n) is 9.62. The van der Waals surface area contributed by atoms with Gasteiger partial charge in [-0.3, -0.25) is 0 Å². The molecule has 100 valence electrons. The van der Waals surface area contributed by atoms with Gasteiger partial charge < -0.3 is 9.84 Å². The number of carboxylic acids is 1. The quantitative estimate of drug-likeness (QED) is 0.857. The van der Waals surface area contributed by atoms with Crippen molar-refractivity contribution < 1.29 is 27.8 Å². The van der Waals surface area contributed by atoms with Crippen LogP contribution in [-0.2, 0) is 4.79 Å². The maximum absolute atomic E-state index is 12.1. The van der Waals surface area contributed by atoms with Crippen molar-refractivity contribution >= 4 is 17.7 Å². The summed E-state index contributed by atoms with van der Waals surface area (Å²) in [5.74, 6) is -0.954. The van der Waals surface area contributed by atoms with Crippen molar-refractivity contribution in [3.63, 3.8) is 0 Å². The number of halogens is 3. The second kappa shape index (κ2) is 5.09. The number of carboxylic acid groups (broad SMARTS) is 1. The molecule has 0 radical (unpaired) electrons. The first-order valence-electron chi connectivity index (χ1n) is 4.88. The van der Waals surface area contributed by atoms with Crippen molar-refractivity contribution in [3.8, 4) is 5.75 Å². The van der Waals surface area contributed by atoms with Crippen LogP contribution >= 0.6 is 11.8 Å². The fourth-order valence-electron chi connectivity index (χ4n) is 1.05. The predicted octanol–water partition coefficient (Wildman–Crippen LogP) is 3.54. The largest absolute Gasteiger partial charge is 0.478 e. The lowest BCUT2D eigenvalue weighted by atomic mass is 10.1. The highest BCUT2D eigenvalue weighted by molar-refractivity contribution is 8.00. The van der Waals surface area contributed by atoms with Gasteiger partial charge in [-0.25, -0.2) is 4.79 Å². The van der Waals surface area contributed by atoms with Crippen LogP contribution in [0.2, 0.25) is 0 Å². The number of hydrogen-bond donors (Lipinski definition) is 1. The van der Waals surface area contributed by atoms with Crippen LogP contribution in [0.1, 0.15) is 13.8 Å². The fraction of sp³-hybridized carbons (Fsp3) is 0.364. The first-order chi connectivity index (χ1) is 8.10. The predicted molar refractivity (Wildman–Crippen MR) is 60.7 cm³/mol. The molecular formula is C11H11F3O3S. The van der Waals surface area contributed by atoms with Crippen molar-refractivity contribution in [3.05, 3.63) is 24.3 Å². The highest BCUT2D eigenvalue weighted by Gasteiger charge is 2.30. The number of thioether (sulfide) groups is 1. The molecular weight excluding hydrogens is 269 g/mol. The first-order valence-corrected chi connectivity index (χ1v) is 5.70. The highest BCUT2D eigenvalue weighted by Crippen LogP contribution is 2.37. The van der Waals surface area contributed by atoms with Gasteiger partial charge in [-0.1, -0.05) is 0 Å². The van der Waals surface area contributed by atoms with Gasteiger partial charge in [0.2, 0.25) is 0 Å². The summed E-state index contributed by atoms with van der Waals surface area (Å²) in [6.45, 7) is 2.71. The molecule has 0 aliphatic rings. The van der Waals surface area contributed by atoms with Crippen LogP contribution in [0.15, 0.2) is 29.2 Å². The summed E-state index contributed by atoms with van der Waals surface area (Å²) >= 11 is -0.238. The van der Waals surface area contributed by atoms with Crippen LogP contribution in [0.4, 0.5) is 13.2 Å². The van der Waals surface area contributed by atoms with Crippen molar-refractivity contribution in [2.24, 2.45) is 0 Å². The van der Waals surface area contributed by atoms with Crippen LogP contribution in [-0.4, -0.2) is 22.2 Å². The maximum atomic E-state index is 12.1. The minimum atomic E-state index is -4.34. The van der Waals surface area contributed by atoms with Crippen molar-refractivity contribution in [2.75, 3.05) is 0 Å². The maximum Gasteiger partial charge on any atom is 0.446 e. The number of rotatable bonds is 4. The molecule has 0 unspecified atom stereocenters. The number of ether oxygens (including phenoxy) is 1. The smallest absolute Gasteiger partial charge is 0.446 e. The minimum Gasteiger partial charge on any atom is -0.478 e. The summed E-state index contributed by atoms with van der Waals surface area (Å²) in [7, 11) is 0. The zero-order valence-corrected chi connectivity index (χ0v) is 10.4. The van der Waals surface area contributed by atoms with Gasteiger partial charge in [0.15, 0.2) is 5.60 Å². The van der Waals surface area contributed by atoms with E-state index in [1.807, 2.05) is 0 Å². The van der Waals surface area contributed by atoms with Crippen LogP contribution < -0.4 is 4.74 Å². The Morgan fingerprint density at radius 1 is 1.22 bits per heavy atom. The number of alkyl halides is 3. The average Bonchev–Trinajstić information content (AvgIpc) is 2.18. The molecule has 0 aliphatic carbocycles. The van der Waals surface area contributed by atoms with Crippen LogP contribution in [0.3, 0.4) is 0 Å². The Morgan fingerprint density at radius 3 is 2.11 bits per heavy atom. The van der Waals surface area contributed by atoms with Gasteiger partial charge in [-0.2, -0.15) is 13.2 Å². The van der Waals surface area contributed by atoms with E-state index in [9.17, 15) is 18.0 Å². The fourth-order valence-corrected chi connectivity index (χ4v) is 1.59. The Hall–Kier alpha value is -1.37. The average molecular weight is 280 g/mol. The molecule has 7 heteroatoms. The molecule has 1 N–H and O–H groups in total. The van der Waals surface area contributed by atoms with Gasteiger partial charge in [0.25, 0.3) is 0 Å². The molecule has 1 rings (SSSR count). The Balaban J connectivity index is 2.75. The first kappa shape index (κ1) is 14.7. The second-order valence-corrected chi connectivity index (χ2v) is 5.08. The molecule has 3 nitrogen and oxygen atoms in total. The molecule has 0 heterocycles. The number of hydrogen-bond acceptors (Lipinski definition) is 3. The van der Waals surface area contributed by atoms with Crippen LogP contribution in [0.25, 0.3) is 0 Å². The van der Waals surface area contributed by atoms with Gasteiger partial charge in [-0.15, -0.1) is 0 Å². The molecule has 1 aromatic rings. The molecule has 0 amide bonds. The molecule has 0 atom stereocenters. The summed E-state index contributed by atoms with van der Waals surface area (Å²) in [6.07, 6.45) is 0. The van der Waals surface area contributed by atoms with Gasteiger partial charge >= 0.3 is 11.5 Å². The van der Waals surface area contributed by atoms with Gasteiger partial charge in [0.1, 0.15) is 5.75 Å². The van der Waals surface area contributed by atoms with E-state index in [1.165, 1.54) is 38.1 Å². The summed E-state index contributed by atoms with van der Waals surface area (Å²) < 4.78 is 41.4. The lowest BCUT2D eigenvalue weighted by Gasteiger charge is -2.21. The molecule has 0 fully saturated rings. The van der Waals surface area contributed by atoms with Gasteiger partial charge in [0.05, 0.1) is 0 Å². The molecule has 0 bridgehead atoms. The normalized spacial score (nSPS) is 12.3. The SMILES string of the molecule is CC(C)(Oc1ccc(SC(F)(F)F)cc1)C(=O)O. The van der Waals surface area contributed by atoms with Crippen molar-refractivity contribution in [1.82, 2.24) is 0 Å². The van der Waals surface area contributed by atoms with E-state index in [2.05, 4.69) is 0 Å². The van der Waals surface area contributed by atoms with E-state index < -0.39 is 17.1 Å². The summed E-state index contributed by atoms with van der Waals surface area (Å²) in [5.41, 5.74) is -5.78. The van der Waals surface area contributed by atoms with Crippen LogP contribution in [0.5, 0.6) is 5.75 Å². The topological polar surface area (TPSA) is 46.5 Å².